The molecule has 1 amide bonds. The van der Waals surface area contributed by atoms with Gasteiger partial charge in [-0.1, -0.05) is 57.9 Å². The summed E-state index contributed by atoms with van der Waals surface area (Å²) in [5.41, 5.74) is 2.06. The molecule has 0 aliphatic rings. The van der Waals surface area contributed by atoms with Crippen molar-refractivity contribution in [3.8, 4) is 0 Å². The molecule has 2 rings (SSSR count). The van der Waals surface area contributed by atoms with Crippen molar-refractivity contribution in [1.82, 2.24) is 10.6 Å². The van der Waals surface area contributed by atoms with E-state index in [1.54, 1.807) is 0 Å². The molecule has 0 aliphatic heterocycles. The van der Waals surface area contributed by atoms with Gasteiger partial charge in [-0.05, 0) is 43.2 Å². The average Bonchev–Trinajstić information content (AvgIpc) is 2.53. The molecule has 0 spiro atoms. The number of halogens is 2. The maximum Gasteiger partial charge on any atom is 0.234 e. The van der Waals surface area contributed by atoms with Crippen molar-refractivity contribution < 1.29 is 4.79 Å². The van der Waals surface area contributed by atoms with Gasteiger partial charge in [-0.2, -0.15) is 0 Å². The Morgan fingerprint density at radius 2 is 1.74 bits per heavy atom. The first-order valence-corrected chi connectivity index (χ1v) is 8.67. The molecule has 2 aromatic carbocycles. The predicted molar refractivity (Wildman–Crippen MR) is 98.6 cm³/mol. The van der Waals surface area contributed by atoms with Gasteiger partial charge in [0.2, 0.25) is 5.91 Å². The summed E-state index contributed by atoms with van der Waals surface area (Å²) in [5.74, 6) is -0.0423. The second-order valence-corrected chi connectivity index (χ2v) is 6.79. The van der Waals surface area contributed by atoms with E-state index in [4.69, 9.17) is 11.6 Å². The summed E-state index contributed by atoms with van der Waals surface area (Å²) in [6, 6.07) is 15.5. The molecule has 0 saturated carbocycles. The normalized spacial score (nSPS) is 13.4. The highest BCUT2D eigenvalue weighted by Gasteiger charge is 2.12. The van der Waals surface area contributed by atoms with Gasteiger partial charge in [0.25, 0.3) is 0 Å². The zero-order valence-corrected chi connectivity index (χ0v) is 15.5. The van der Waals surface area contributed by atoms with Crippen molar-refractivity contribution in [2.75, 3.05) is 6.54 Å². The summed E-state index contributed by atoms with van der Waals surface area (Å²) in [6.45, 7) is 4.21. The molecular weight excluding hydrogens is 376 g/mol. The fourth-order valence-electron chi connectivity index (χ4n) is 2.31. The van der Waals surface area contributed by atoms with Gasteiger partial charge in [0.05, 0.1) is 12.6 Å². The first kappa shape index (κ1) is 18.0. The molecule has 2 unspecified atom stereocenters. The first-order chi connectivity index (χ1) is 11.0. The number of hydrogen-bond acceptors (Lipinski definition) is 2. The van der Waals surface area contributed by atoms with Crippen LogP contribution in [0.25, 0.3) is 0 Å². The minimum absolute atomic E-state index is 0.0115. The number of hydrogen-bond donors (Lipinski definition) is 2. The van der Waals surface area contributed by atoms with E-state index in [-0.39, 0.29) is 24.5 Å². The van der Waals surface area contributed by atoms with E-state index >= 15 is 0 Å². The monoisotopic (exact) mass is 394 g/mol. The van der Waals surface area contributed by atoms with Gasteiger partial charge >= 0.3 is 0 Å². The van der Waals surface area contributed by atoms with Crippen molar-refractivity contribution in [2.24, 2.45) is 0 Å². The second kappa shape index (κ2) is 8.48. The van der Waals surface area contributed by atoms with Crippen LogP contribution < -0.4 is 10.6 Å². The van der Waals surface area contributed by atoms with Gasteiger partial charge in [-0.15, -0.1) is 0 Å². The maximum atomic E-state index is 12.1. The molecule has 3 nitrogen and oxygen atoms in total. The lowest BCUT2D eigenvalue weighted by Crippen LogP contribution is -2.36. The Labute approximate surface area is 150 Å². The number of carbonyl (C=O) groups is 1. The highest BCUT2D eigenvalue weighted by Crippen LogP contribution is 2.22. The number of rotatable bonds is 6. The van der Waals surface area contributed by atoms with Crippen LogP contribution in [0.3, 0.4) is 0 Å². The third kappa shape index (κ3) is 5.34. The Morgan fingerprint density at radius 1 is 1.09 bits per heavy atom. The third-order valence-corrected chi connectivity index (χ3v) is 4.56. The molecule has 2 atom stereocenters. The van der Waals surface area contributed by atoms with E-state index in [1.165, 1.54) is 0 Å². The molecule has 5 heteroatoms. The van der Waals surface area contributed by atoms with E-state index in [0.29, 0.717) is 5.02 Å². The maximum absolute atomic E-state index is 12.1. The summed E-state index contributed by atoms with van der Waals surface area (Å²) < 4.78 is 1.02. The van der Waals surface area contributed by atoms with Gasteiger partial charge < -0.3 is 10.6 Å². The summed E-state index contributed by atoms with van der Waals surface area (Å²) >= 11 is 9.57. The van der Waals surface area contributed by atoms with Gasteiger partial charge in [0, 0.05) is 15.5 Å². The minimum atomic E-state index is -0.0423. The second-order valence-electron chi connectivity index (χ2n) is 5.46. The molecule has 122 valence electrons. The lowest BCUT2D eigenvalue weighted by Gasteiger charge is -2.18. The van der Waals surface area contributed by atoms with Gasteiger partial charge in [0.1, 0.15) is 0 Å². The van der Waals surface area contributed by atoms with Crippen molar-refractivity contribution in [3.63, 3.8) is 0 Å². The van der Waals surface area contributed by atoms with Gasteiger partial charge in [-0.3, -0.25) is 4.79 Å². The van der Waals surface area contributed by atoms with E-state index in [0.717, 1.165) is 15.6 Å². The molecule has 0 heterocycles. The lowest BCUT2D eigenvalue weighted by molar-refractivity contribution is -0.121. The highest BCUT2D eigenvalue weighted by atomic mass is 79.9. The SMILES string of the molecule is CC(NC(=O)CNC(C)c1ccccc1Cl)c1ccc(Br)cc1. The zero-order chi connectivity index (χ0) is 16.8. The van der Waals surface area contributed by atoms with Crippen LogP contribution in [0.4, 0.5) is 0 Å². The Bertz CT molecular complexity index is 660. The van der Waals surface area contributed by atoms with Crippen LogP contribution in [0.1, 0.15) is 37.1 Å². The van der Waals surface area contributed by atoms with Crippen molar-refractivity contribution >= 4 is 33.4 Å². The topological polar surface area (TPSA) is 41.1 Å². The molecule has 23 heavy (non-hydrogen) atoms. The fraction of sp³-hybridized carbons (Fsp3) is 0.278. The Balaban J connectivity index is 1.85. The van der Waals surface area contributed by atoms with Gasteiger partial charge in [0.15, 0.2) is 0 Å². The van der Waals surface area contributed by atoms with E-state index in [1.807, 2.05) is 62.4 Å². The molecule has 0 aliphatic carbocycles. The predicted octanol–water partition coefficient (Wildman–Crippen LogP) is 4.63. The van der Waals surface area contributed by atoms with Crippen molar-refractivity contribution in [3.05, 3.63) is 69.2 Å². The minimum Gasteiger partial charge on any atom is -0.348 e. The van der Waals surface area contributed by atoms with Crippen LogP contribution >= 0.6 is 27.5 Å². The summed E-state index contributed by atoms with van der Waals surface area (Å²) in [6.07, 6.45) is 0. The first-order valence-electron chi connectivity index (χ1n) is 7.50. The quantitative estimate of drug-likeness (QED) is 0.748. The molecule has 0 radical (unpaired) electrons. The van der Waals surface area contributed by atoms with E-state index < -0.39 is 0 Å². The molecule has 0 saturated heterocycles. The number of amides is 1. The number of carbonyl (C=O) groups excluding carboxylic acids is 1. The molecule has 0 aromatic heterocycles. The van der Waals surface area contributed by atoms with Crippen LogP contribution in [0, 0.1) is 0 Å². The largest absolute Gasteiger partial charge is 0.348 e. The third-order valence-electron chi connectivity index (χ3n) is 3.69. The molecule has 0 fully saturated rings. The smallest absolute Gasteiger partial charge is 0.234 e. The van der Waals surface area contributed by atoms with E-state index in [2.05, 4.69) is 26.6 Å². The van der Waals surface area contributed by atoms with Crippen LogP contribution in [-0.2, 0) is 4.79 Å². The standard InChI is InChI=1S/C18H20BrClN2O/c1-12(14-7-9-15(19)10-8-14)22-18(23)11-21-13(2)16-5-3-4-6-17(16)20/h3-10,12-13,21H,11H2,1-2H3,(H,22,23). The molecule has 2 aromatic rings. The fourth-order valence-corrected chi connectivity index (χ4v) is 2.87. The van der Waals surface area contributed by atoms with Crippen LogP contribution in [0.15, 0.2) is 53.0 Å². The number of nitrogens with one attached hydrogen (secondary N) is 2. The Kier molecular flexibility index (Phi) is 6.63. The van der Waals surface area contributed by atoms with E-state index in [9.17, 15) is 4.79 Å². The zero-order valence-electron chi connectivity index (χ0n) is 13.1. The van der Waals surface area contributed by atoms with Crippen molar-refractivity contribution in [2.45, 2.75) is 25.9 Å². The Morgan fingerprint density at radius 3 is 2.39 bits per heavy atom. The van der Waals surface area contributed by atoms with Crippen LogP contribution in [-0.4, -0.2) is 12.5 Å². The molecular formula is C18H20BrClN2O. The lowest BCUT2D eigenvalue weighted by atomic mass is 10.1. The average molecular weight is 396 g/mol. The Hall–Kier alpha value is -1.36. The summed E-state index contributed by atoms with van der Waals surface area (Å²) in [7, 11) is 0. The van der Waals surface area contributed by atoms with Crippen LogP contribution in [0.2, 0.25) is 5.02 Å². The summed E-state index contributed by atoms with van der Waals surface area (Å²) in [5, 5.41) is 6.89. The molecule has 0 bridgehead atoms. The summed E-state index contributed by atoms with van der Waals surface area (Å²) in [4.78, 5) is 12.1. The van der Waals surface area contributed by atoms with Crippen molar-refractivity contribution in [1.29, 1.82) is 0 Å². The van der Waals surface area contributed by atoms with Gasteiger partial charge in [-0.25, -0.2) is 0 Å². The molecule has 2 N–H and O–H groups in total. The highest BCUT2D eigenvalue weighted by molar-refractivity contribution is 9.10. The number of benzene rings is 2. The van der Waals surface area contributed by atoms with Crippen LogP contribution in [0.5, 0.6) is 0 Å².